The molecule has 0 aromatic carbocycles. The lowest BCUT2D eigenvalue weighted by Crippen LogP contribution is -2.37. The molecule has 0 aliphatic heterocycles. The lowest BCUT2D eigenvalue weighted by molar-refractivity contribution is -0.138. The van der Waals surface area contributed by atoms with Gasteiger partial charge >= 0.3 is 6.18 Å². The monoisotopic (exact) mass is 311 g/mol. The summed E-state index contributed by atoms with van der Waals surface area (Å²) >= 11 is 6.81. The summed E-state index contributed by atoms with van der Waals surface area (Å²) in [6.45, 7) is -0.972. The SMILES string of the molecule is CN=C(SC)N(Cc1ccc(Cl)nc1)CC(F)(F)F. The van der Waals surface area contributed by atoms with E-state index in [2.05, 4.69) is 9.98 Å². The van der Waals surface area contributed by atoms with Gasteiger partial charge in [-0.3, -0.25) is 4.99 Å². The molecule has 0 radical (unpaired) electrons. The number of amidine groups is 1. The summed E-state index contributed by atoms with van der Waals surface area (Å²) in [4.78, 5) is 8.88. The number of alkyl halides is 3. The number of aromatic nitrogens is 1. The lowest BCUT2D eigenvalue weighted by Gasteiger charge is -2.25. The molecule has 0 saturated carbocycles. The maximum atomic E-state index is 12.6. The second-order valence-electron chi connectivity index (χ2n) is 3.67. The third kappa shape index (κ3) is 5.69. The van der Waals surface area contributed by atoms with E-state index in [-0.39, 0.29) is 6.54 Å². The maximum Gasteiger partial charge on any atom is 0.406 e. The van der Waals surface area contributed by atoms with Crippen LogP contribution in [0.3, 0.4) is 0 Å². The third-order valence-corrected chi connectivity index (χ3v) is 3.21. The van der Waals surface area contributed by atoms with Crippen molar-refractivity contribution in [2.75, 3.05) is 19.8 Å². The van der Waals surface area contributed by atoms with E-state index in [1.54, 1.807) is 18.4 Å². The van der Waals surface area contributed by atoms with Crippen LogP contribution < -0.4 is 0 Å². The quantitative estimate of drug-likeness (QED) is 0.486. The van der Waals surface area contributed by atoms with Gasteiger partial charge in [0.05, 0.1) is 0 Å². The first kappa shape index (κ1) is 16.1. The van der Waals surface area contributed by atoms with Crippen LogP contribution in [0.15, 0.2) is 23.3 Å². The van der Waals surface area contributed by atoms with Crippen molar-refractivity contribution in [2.45, 2.75) is 12.7 Å². The van der Waals surface area contributed by atoms with Crippen molar-refractivity contribution in [3.8, 4) is 0 Å². The zero-order chi connectivity index (χ0) is 14.5. The van der Waals surface area contributed by atoms with Crippen molar-refractivity contribution in [1.29, 1.82) is 0 Å². The minimum Gasteiger partial charge on any atom is -0.338 e. The van der Waals surface area contributed by atoms with Crippen LogP contribution in [0.1, 0.15) is 5.56 Å². The van der Waals surface area contributed by atoms with Crippen LogP contribution in [0.4, 0.5) is 13.2 Å². The van der Waals surface area contributed by atoms with Crippen molar-refractivity contribution in [2.24, 2.45) is 4.99 Å². The summed E-state index contributed by atoms with van der Waals surface area (Å²) in [5, 5.41) is 0.632. The minimum atomic E-state index is -4.29. The Morgan fingerprint density at radius 1 is 1.47 bits per heavy atom. The van der Waals surface area contributed by atoms with E-state index >= 15 is 0 Å². The second kappa shape index (κ2) is 7.00. The van der Waals surface area contributed by atoms with Crippen LogP contribution in [0.25, 0.3) is 0 Å². The summed E-state index contributed by atoms with van der Waals surface area (Å²) in [6.07, 6.45) is -1.14. The van der Waals surface area contributed by atoms with Crippen LogP contribution in [0, 0.1) is 0 Å². The van der Waals surface area contributed by atoms with Gasteiger partial charge in [0.15, 0.2) is 5.17 Å². The predicted octanol–water partition coefficient (Wildman–Crippen LogP) is 3.45. The Morgan fingerprint density at radius 2 is 2.16 bits per heavy atom. The Balaban J connectivity index is 2.88. The Kier molecular flexibility index (Phi) is 5.93. The van der Waals surface area contributed by atoms with Gasteiger partial charge in [-0.15, -0.1) is 0 Å². The molecule has 3 nitrogen and oxygen atoms in total. The molecule has 0 aliphatic carbocycles. The molecule has 0 atom stereocenters. The molecule has 0 aliphatic rings. The number of rotatable bonds is 3. The molecular formula is C11H13ClF3N3S. The molecule has 0 fully saturated rings. The van der Waals surface area contributed by atoms with E-state index in [1.807, 2.05) is 0 Å². The van der Waals surface area contributed by atoms with Gasteiger partial charge in [0.25, 0.3) is 0 Å². The molecule has 0 spiro atoms. The molecular weight excluding hydrogens is 299 g/mol. The summed E-state index contributed by atoms with van der Waals surface area (Å²) in [5.41, 5.74) is 0.642. The summed E-state index contributed by atoms with van der Waals surface area (Å²) < 4.78 is 37.7. The van der Waals surface area contributed by atoms with Crippen LogP contribution in [-0.4, -0.2) is 41.1 Å². The highest BCUT2D eigenvalue weighted by molar-refractivity contribution is 8.13. The summed E-state index contributed by atoms with van der Waals surface area (Å²) in [6, 6.07) is 3.19. The molecule has 0 unspecified atom stereocenters. The van der Waals surface area contributed by atoms with E-state index in [9.17, 15) is 13.2 Å². The van der Waals surface area contributed by atoms with Gasteiger partial charge < -0.3 is 4.90 Å². The first-order valence-corrected chi connectivity index (χ1v) is 6.89. The molecule has 0 saturated heterocycles. The van der Waals surface area contributed by atoms with Crippen molar-refractivity contribution in [3.63, 3.8) is 0 Å². The van der Waals surface area contributed by atoms with Crippen molar-refractivity contribution in [3.05, 3.63) is 29.0 Å². The number of thioether (sulfide) groups is 1. The molecule has 0 amide bonds. The molecule has 106 valence electrons. The van der Waals surface area contributed by atoms with Crippen LogP contribution >= 0.6 is 23.4 Å². The fraction of sp³-hybridized carbons (Fsp3) is 0.455. The van der Waals surface area contributed by atoms with Crippen LogP contribution in [-0.2, 0) is 6.54 Å². The molecule has 1 heterocycles. The Labute approximate surface area is 118 Å². The number of nitrogens with zero attached hydrogens (tertiary/aromatic N) is 3. The van der Waals surface area contributed by atoms with E-state index in [4.69, 9.17) is 11.6 Å². The molecule has 0 N–H and O–H groups in total. The first-order chi connectivity index (χ1) is 8.85. The first-order valence-electron chi connectivity index (χ1n) is 5.28. The van der Waals surface area contributed by atoms with Gasteiger partial charge in [0, 0.05) is 19.8 Å². The van der Waals surface area contributed by atoms with Gasteiger partial charge in [0.1, 0.15) is 11.7 Å². The van der Waals surface area contributed by atoms with Crippen LogP contribution in [0.2, 0.25) is 5.15 Å². The zero-order valence-electron chi connectivity index (χ0n) is 10.4. The number of halogens is 4. The fourth-order valence-electron chi connectivity index (χ4n) is 1.49. The summed E-state index contributed by atoms with van der Waals surface area (Å²) in [7, 11) is 1.47. The van der Waals surface area contributed by atoms with Crippen molar-refractivity contribution in [1.82, 2.24) is 9.88 Å². The Bertz CT molecular complexity index is 434. The van der Waals surface area contributed by atoms with Gasteiger partial charge in [-0.05, 0) is 17.9 Å². The molecule has 1 aromatic heterocycles. The smallest absolute Gasteiger partial charge is 0.338 e. The van der Waals surface area contributed by atoms with Crippen molar-refractivity contribution >= 4 is 28.5 Å². The Hall–Kier alpha value is -0.950. The predicted molar refractivity (Wildman–Crippen MR) is 72.6 cm³/mol. The highest BCUT2D eigenvalue weighted by Crippen LogP contribution is 2.21. The molecule has 19 heavy (non-hydrogen) atoms. The molecule has 0 bridgehead atoms. The third-order valence-electron chi connectivity index (χ3n) is 2.18. The highest BCUT2D eigenvalue weighted by atomic mass is 35.5. The molecule has 1 aromatic rings. The number of aliphatic imine (C=N–C) groups is 1. The Morgan fingerprint density at radius 3 is 2.58 bits per heavy atom. The van der Waals surface area contributed by atoms with E-state index in [1.165, 1.54) is 25.0 Å². The minimum absolute atomic E-state index is 0.0805. The van der Waals surface area contributed by atoms with E-state index in [0.29, 0.717) is 15.9 Å². The van der Waals surface area contributed by atoms with Gasteiger partial charge in [-0.25, -0.2) is 4.98 Å². The lowest BCUT2D eigenvalue weighted by atomic mass is 10.2. The average molecular weight is 312 g/mol. The summed E-state index contributed by atoms with van der Waals surface area (Å²) in [5.74, 6) is 0. The van der Waals surface area contributed by atoms with Crippen molar-refractivity contribution < 1.29 is 13.2 Å². The topological polar surface area (TPSA) is 28.5 Å². The average Bonchev–Trinajstić information content (AvgIpc) is 2.31. The largest absolute Gasteiger partial charge is 0.406 e. The zero-order valence-corrected chi connectivity index (χ0v) is 12.0. The number of hydrogen-bond donors (Lipinski definition) is 0. The fourth-order valence-corrected chi connectivity index (χ4v) is 2.17. The standard InChI is InChI=1S/C11H13ClF3N3S/c1-16-10(19-2)18(7-11(13,14)15)6-8-3-4-9(12)17-5-8/h3-5H,6-7H2,1-2H3. The molecule has 8 heteroatoms. The number of pyridine rings is 1. The van der Waals surface area contributed by atoms with E-state index in [0.717, 1.165) is 4.90 Å². The van der Waals surface area contributed by atoms with Crippen LogP contribution in [0.5, 0.6) is 0 Å². The maximum absolute atomic E-state index is 12.6. The number of hydrogen-bond acceptors (Lipinski definition) is 3. The van der Waals surface area contributed by atoms with Gasteiger partial charge in [-0.2, -0.15) is 13.2 Å². The highest BCUT2D eigenvalue weighted by Gasteiger charge is 2.32. The normalized spacial score (nSPS) is 12.6. The second-order valence-corrected chi connectivity index (χ2v) is 4.83. The van der Waals surface area contributed by atoms with E-state index < -0.39 is 12.7 Å². The van der Waals surface area contributed by atoms with Gasteiger partial charge in [-0.1, -0.05) is 29.4 Å². The van der Waals surface area contributed by atoms with Gasteiger partial charge in [0.2, 0.25) is 0 Å². The molecule has 1 rings (SSSR count).